The van der Waals surface area contributed by atoms with E-state index in [-0.39, 0.29) is 11.9 Å². The Balaban J connectivity index is 1.74. The molecule has 2 aliphatic rings. The van der Waals surface area contributed by atoms with Gasteiger partial charge in [0.15, 0.2) is 5.60 Å². The van der Waals surface area contributed by atoms with Crippen LogP contribution < -0.4 is 9.64 Å². The van der Waals surface area contributed by atoms with Gasteiger partial charge in [0.25, 0.3) is 5.91 Å². The van der Waals surface area contributed by atoms with E-state index in [4.69, 9.17) is 9.47 Å². The summed E-state index contributed by atoms with van der Waals surface area (Å²) < 4.78 is 11.1. The van der Waals surface area contributed by atoms with Gasteiger partial charge in [-0.15, -0.1) is 0 Å². The van der Waals surface area contributed by atoms with Crippen LogP contribution in [0.4, 0.5) is 5.69 Å². The Bertz CT molecular complexity index is 705. The van der Waals surface area contributed by atoms with Crippen LogP contribution in [0.1, 0.15) is 24.4 Å². The number of amides is 1. The highest BCUT2D eigenvalue weighted by atomic mass is 16.5. The number of methoxy groups -OCH3 is 1. The third-order valence-corrected chi connectivity index (χ3v) is 4.80. The van der Waals surface area contributed by atoms with Crippen LogP contribution in [0.25, 0.3) is 0 Å². The molecule has 0 N–H and O–H groups in total. The van der Waals surface area contributed by atoms with Crippen molar-refractivity contribution in [1.82, 2.24) is 0 Å². The molecule has 4 nitrogen and oxygen atoms in total. The van der Waals surface area contributed by atoms with Crippen molar-refractivity contribution >= 4 is 11.6 Å². The molecule has 2 fully saturated rings. The van der Waals surface area contributed by atoms with Crippen molar-refractivity contribution in [2.24, 2.45) is 0 Å². The zero-order valence-electron chi connectivity index (χ0n) is 13.1. The molecule has 2 aromatic rings. The van der Waals surface area contributed by atoms with E-state index < -0.39 is 5.60 Å². The second-order valence-electron chi connectivity index (χ2n) is 6.03. The summed E-state index contributed by atoms with van der Waals surface area (Å²) in [6, 6.07) is 17.7. The number of rotatable bonds is 3. The molecular formula is C19H19NO3. The van der Waals surface area contributed by atoms with Gasteiger partial charge in [-0.25, -0.2) is 0 Å². The molecule has 1 amide bonds. The van der Waals surface area contributed by atoms with E-state index in [0.29, 0.717) is 6.61 Å². The highest BCUT2D eigenvalue weighted by Crippen LogP contribution is 2.52. The molecule has 0 aromatic heterocycles. The summed E-state index contributed by atoms with van der Waals surface area (Å²) in [6.45, 7) is 0.658. The van der Waals surface area contributed by atoms with Crippen LogP contribution in [-0.2, 0) is 9.53 Å². The van der Waals surface area contributed by atoms with Gasteiger partial charge in [-0.1, -0.05) is 30.3 Å². The minimum Gasteiger partial charge on any atom is -0.497 e. The molecule has 0 aliphatic carbocycles. The van der Waals surface area contributed by atoms with Gasteiger partial charge in [-0.3, -0.25) is 9.69 Å². The van der Waals surface area contributed by atoms with Gasteiger partial charge in [-0.2, -0.15) is 0 Å². The summed E-state index contributed by atoms with van der Waals surface area (Å²) >= 11 is 0. The van der Waals surface area contributed by atoms with Crippen LogP contribution in [-0.4, -0.2) is 25.2 Å². The Morgan fingerprint density at radius 3 is 2.48 bits per heavy atom. The number of ether oxygens (including phenoxy) is 2. The molecule has 0 unspecified atom stereocenters. The second-order valence-corrected chi connectivity index (χ2v) is 6.03. The highest BCUT2D eigenvalue weighted by molar-refractivity contribution is 6.08. The van der Waals surface area contributed by atoms with Crippen molar-refractivity contribution in [2.45, 2.75) is 24.5 Å². The van der Waals surface area contributed by atoms with E-state index in [1.165, 1.54) is 0 Å². The number of benzene rings is 2. The SMILES string of the molecule is COc1ccc(N2C(=O)[C@]3(CCCO3)[C@H]2c2ccccc2)cc1. The van der Waals surface area contributed by atoms with Crippen molar-refractivity contribution in [3.05, 3.63) is 60.2 Å². The van der Waals surface area contributed by atoms with Gasteiger partial charge in [0.05, 0.1) is 7.11 Å². The van der Waals surface area contributed by atoms with Crippen molar-refractivity contribution in [1.29, 1.82) is 0 Å². The summed E-state index contributed by atoms with van der Waals surface area (Å²) in [6.07, 6.45) is 1.73. The van der Waals surface area contributed by atoms with E-state index in [0.717, 1.165) is 29.8 Å². The monoisotopic (exact) mass is 309 g/mol. The molecule has 2 aromatic carbocycles. The van der Waals surface area contributed by atoms with E-state index >= 15 is 0 Å². The first-order valence-corrected chi connectivity index (χ1v) is 7.93. The lowest BCUT2D eigenvalue weighted by molar-refractivity contribution is -0.156. The summed E-state index contributed by atoms with van der Waals surface area (Å²) in [5.74, 6) is 0.846. The summed E-state index contributed by atoms with van der Waals surface area (Å²) in [5, 5.41) is 0. The van der Waals surface area contributed by atoms with Crippen molar-refractivity contribution < 1.29 is 14.3 Å². The Labute approximate surface area is 135 Å². The van der Waals surface area contributed by atoms with Crippen LogP contribution in [0.15, 0.2) is 54.6 Å². The Kier molecular flexibility index (Phi) is 3.34. The number of anilines is 1. The summed E-state index contributed by atoms with van der Waals surface area (Å²) in [5.41, 5.74) is 1.32. The molecule has 2 aliphatic heterocycles. The zero-order chi connectivity index (χ0) is 15.9. The number of nitrogens with zero attached hydrogens (tertiary/aromatic N) is 1. The first-order valence-electron chi connectivity index (χ1n) is 7.93. The maximum absolute atomic E-state index is 12.9. The topological polar surface area (TPSA) is 38.8 Å². The first kappa shape index (κ1) is 14.3. The summed E-state index contributed by atoms with van der Waals surface area (Å²) in [7, 11) is 1.64. The van der Waals surface area contributed by atoms with E-state index in [2.05, 4.69) is 12.1 Å². The highest BCUT2D eigenvalue weighted by Gasteiger charge is 2.64. The fourth-order valence-electron chi connectivity index (χ4n) is 3.69. The lowest BCUT2D eigenvalue weighted by atomic mass is 9.75. The van der Waals surface area contributed by atoms with E-state index in [1.54, 1.807) is 7.11 Å². The van der Waals surface area contributed by atoms with Crippen LogP contribution in [0.3, 0.4) is 0 Å². The third-order valence-electron chi connectivity index (χ3n) is 4.80. The molecule has 2 atom stereocenters. The number of hydrogen-bond donors (Lipinski definition) is 0. The quantitative estimate of drug-likeness (QED) is 0.816. The predicted octanol–water partition coefficient (Wildman–Crippen LogP) is 3.33. The number of carbonyl (C=O) groups is 1. The Morgan fingerprint density at radius 1 is 1.13 bits per heavy atom. The fraction of sp³-hybridized carbons (Fsp3) is 0.316. The van der Waals surface area contributed by atoms with Crippen LogP contribution in [0, 0.1) is 0 Å². The fourth-order valence-corrected chi connectivity index (χ4v) is 3.69. The van der Waals surface area contributed by atoms with E-state index in [1.807, 2.05) is 47.4 Å². The minimum atomic E-state index is -0.679. The van der Waals surface area contributed by atoms with Crippen LogP contribution in [0.5, 0.6) is 5.75 Å². The summed E-state index contributed by atoms with van der Waals surface area (Å²) in [4.78, 5) is 14.7. The second kappa shape index (κ2) is 5.39. The lowest BCUT2D eigenvalue weighted by Crippen LogP contribution is -2.68. The number of carbonyl (C=O) groups excluding carboxylic acids is 1. The zero-order valence-corrected chi connectivity index (χ0v) is 13.1. The van der Waals surface area contributed by atoms with Gasteiger partial charge in [-0.05, 0) is 42.7 Å². The maximum atomic E-state index is 12.9. The lowest BCUT2D eigenvalue weighted by Gasteiger charge is -2.53. The van der Waals surface area contributed by atoms with Gasteiger partial charge in [0.2, 0.25) is 0 Å². The first-order chi connectivity index (χ1) is 11.3. The Morgan fingerprint density at radius 2 is 1.87 bits per heavy atom. The van der Waals surface area contributed by atoms with Gasteiger partial charge in [0, 0.05) is 12.3 Å². The molecule has 2 heterocycles. The Hall–Kier alpha value is -2.33. The third kappa shape index (κ3) is 2.05. The average molecular weight is 309 g/mol. The van der Waals surface area contributed by atoms with Crippen molar-refractivity contribution in [2.75, 3.05) is 18.6 Å². The van der Waals surface area contributed by atoms with Gasteiger partial charge >= 0.3 is 0 Å². The minimum absolute atomic E-state index is 0.0629. The van der Waals surface area contributed by atoms with Crippen molar-refractivity contribution in [3.63, 3.8) is 0 Å². The predicted molar refractivity (Wildman–Crippen MR) is 87.6 cm³/mol. The average Bonchev–Trinajstić information content (AvgIpc) is 3.12. The largest absolute Gasteiger partial charge is 0.497 e. The van der Waals surface area contributed by atoms with Crippen LogP contribution in [0.2, 0.25) is 0 Å². The molecule has 1 spiro atoms. The molecule has 23 heavy (non-hydrogen) atoms. The molecule has 118 valence electrons. The number of hydrogen-bond acceptors (Lipinski definition) is 3. The van der Waals surface area contributed by atoms with E-state index in [9.17, 15) is 4.79 Å². The van der Waals surface area contributed by atoms with Gasteiger partial charge < -0.3 is 9.47 Å². The maximum Gasteiger partial charge on any atom is 0.262 e. The molecule has 0 bridgehead atoms. The number of β-lactam (4-membered cyclic amide) rings is 1. The van der Waals surface area contributed by atoms with Crippen LogP contribution >= 0.6 is 0 Å². The van der Waals surface area contributed by atoms with Crippen molar-refractivity contribution in [3.8, 4) is 5.75 Å². The molecule has 2 saturated heterocycles. The molecule has 0 saturated carbocycles. The normalized spacial score (nSPS) is 26.4. The molecule has 4 heteroatoms. The van der Waals surface area contributed by atoms with Gasteiger partial charge in [0.1, 0.15) is 11.8 Å². The smallest absolute Gasteiger partial charge is 0.262 e. The molecule has 4 rings (SSSR count). The molecule has 0 radical (unpaired) electrons. The standard InChI is InChI=1S/C19H19NO3/c1-22-16-10-8-15(9-11-16)20-17(14-6-3-2-4-7-14)19(18(20)21)12-5-13-23-19/h2-4,6-11,17H,5,12-13H2,1H3/t17-,19+/m1/s1. The molecular weight excluding hydrogens is 290 g/mol.